The highest BCUT2D eigenvalue weighted by molar-refractivity contribution is 14.1. The lowest BCUT2D eigenvalue weighted by Gasteiger charge is -1.99. The number of thiocarbonyl (C=S) groups is 1. The molecule has 0 aromatic heterocycles. The quantitative estimate of drug-likeness (QED) is 0.256. The van der Waals surface area contributed by atoms with Gasteiger partial charge in [-0.2, -0.15) is 0 Å². The third kappa shape index (κ3) is 8.59. The molecule has 0 fully saturated rings. The molecule has 2 unspecified atom stereocenters. The van der Waals surface area contributed by atoms with Gasteiger partial charge in [0.2, 0.25) is 0 Å². The van der Waals surface area contributed by atoms with E-state index < -0.39 is 10.8 Å². The van der Waals surface area contributed by atoms with E-state index in [0.29, 0.717) is 0 Å². The van der Waals surface area contributed by atoms with Gasteiger partial charge >= 0.3 is 0 Å². The van der Waals surface area contributed by atoms with E-state index >= 15 is 0 Å². The van der Waals surface area contributed by atoms with Crippen LogP contribution in [0.4, 0.5) is 0 Å². The van der Waals surface area contributed by atoms with Crippen LogP contribution >= 0.6 is 34.8 Å². The first kappa shape index (κ1) is 11.7. The Morgan fingerprint density at radius 1 is 1.82 bits per heavy atom. The fraction of sp³-hybridized carbons (Fsp3) is 0.833. The minimum Gasteiger partial charge on any atom is -0.260 e. The molecule has 0 aliphatic rings. The van der Waals surface area contributed by atoms with Crippen LogP contribution in [-0.4, -0.2) is 25.4 Å². The van der Waals surface area contributed by atoms with Crippen LogP contribution in [0.1, 0.15) is 12.8 Å². The van der Waals surface area contributed by atoms with Gasteiger partial charge in [-0.1, -0.05) is 22.6 Å². The second-order valence-corrected chi connectivity index (χ2v) is 5.25. The largest absolute Gasteiger partial charge is 0.260 e. The number of nitrogens with zero attached hydrogens (tertiary/aromatic N) is 1. The normalized spacial score (nSPS) is 15.1. The highest BCUT2D eigenvalue weighted by Crippen LogP contribution is 2.09. The number of halogens is 1. The minimum atomic E-state index is -0.677. The summed E-state index contributed by atoms with van der Waals surface area (Å²) in [6, 6.07) is 0. The Balaban J connectivity index is 3.38. The van der Waals surface area contributed by atoms with Crippen molar-refractivity contribution in [2.24, 2.45) is 4.99 Å². The van der Waals surface area contributed by atoms with E-state index in [1.54, 1.807) is 6.26 Å². The second kappa shape index (κ2) is 7.34. The van der Waals surface area contributed by atoms with Crippen molar-refractivity contribution >= 4 is 50.8 Å². The van der Waals surface area contributed by atoms with Crippen LogP contribution < -0.4 is 0 Å². The predicted octanol–water partition coefficient (Wildman–Crippen LogP) is 2.01. The van der Waals surface area contributed by atoms with Gasteiger partial charge in [-0.05, 0) is 25.1 Å². The highest BCUT2D eigenvalue weighted by atomic mass is 127. The third-order valence-electron chi connectivity index (χ3n) is 1.07. The molecule has 64 valence electrons. The molecule has 0 aliphatic carbocycles. The molecule has 11 heavy (non-hydrogen) atoms. The summed E-state index contributed by atoms with van der Waals surface area (Å²) in [6.07, 6.45) is 3.59. The monoisotopic (exact) mass is 303 g/mol. The second-order valence-electron chi connectivity index (χ2n) is 2.07. The molecule has 0 radical (unpaired) electrons. The number of isothiocyanates is 1. The van der Waals surface area contributed by atoms with Crippen LogP contribution in [0.25, 0.3) is 0 Å². The molecule has 0 rings (SSSR count). The lowest BCUT2D eigenvalue weighted by atomic mass is 10.3. The average Bonchev–Trinajstić information content (AvgIpc) is 1.87. The summed E-state index contributed by atoms with van der Waals surface area (Å²) in [4.78, 5) is 3.87. The molecule has 2 nitrogen and oxygen atoms in total. The van der Waals surface area contributed by atoms with E-state index in [2.05, 4.69) is 45.0 Å². The standard InChI is InChI=1S/C6H10INOS2/c1-11(9)4-2-3-6(7)8-5-10/h6H,2-4H2,1H3. The van der Waals surface area contributed by atoms with Crippen molar-refractivity contribution in [2.75, 3.05) is 12.0 Å². The van der Waals surface area contributed by atoms with Gasteiger partial charge in [0, 0.05) is 22.8 Å². The topological polar surface area (TPSA) is 29.4 Å². The zero-order valence-electron chi connectivity index (χ0n) is 6.25. The van der Waals surface area contributed by atoms with Gasteiger partial charge in [0.1, 0.15) is 4.05 Å². The molecule has 2 atom stereocenters. The number of hydrogen-bond donors (Lipinski definition) is 0. The van der Waals surface area contributed by atoms with Gasteiger partial charge in [0.25, 0.3) is 0 Å². The van der Waals surface area contributed by atoms with E-state index in [1.165, 1.54) is 0 Å². The van der Waals surface area contributed by atoms with Gasteiger partial charge in [0.05, 0.1) is 5.16 Å². The van der Waals surface area contributed by atoms with Crippen LogP contribution in [0.5, 0.6) is 0 Å². The Bertz CT molecular complexity index is 179. The van der Waals surface area contributed by atoms with Gasteiger partial charge in [-0.3, -0.25) is 4.21 Å². The van der Waals surface area contributed by atoms with E-state index in [4.69, 9.17) is 0 Å². The summed E-state index contributed by atoms with van der Waals surface area (Å²) in [5, 5.41) is 2.33. The van der Waals surface area contributed by atoms with Crippen LogP contribution in [0, 0.1) is 0 Å². The molecular weight excluding hydrogens is 293 g/mol. The van der Waals surface area contributed by atoms with Crippen LogP contribution in [0.3, 0.4) is 0 Å². The molecule has 5 heteroatoms. The summed E-state index contributed by atoms with van der Waals surface area (Å²) in [7, 11) is -0.677. The summed E-state index contributed by atoms with van der Waals surface area (Å²) < 4.78 is 10.8. The predicted molar refractivity (Wildman–Crippen MR) is 61.0 cm³/mol. The van der Waals surface area contributed by atoms with Crippen LogP contribution in [0.15, 0.2) is 4.99 Å². The molecule has 0 heterocycles. The summed E-state index contributed by atoms with van der Waals surface area (Å²) in [5.74, 6) is 0.756. The van der Waals surface area contributed by atoms with Crippen molar-refractivity contribution in [3.05, 3.63) is 0 Å². The lowest BCUT2D eigenvalue weighted by molar-refractivity contribution is 0.681. The Kier molecular flexibility index (Phi) is 7.79. The van der Waals surface area contributed by atoms with Gasteiger partial charge in [0.15, 0.2) is 0 Å². The Labute approximate surface area is 88.5 Å². The molecular formula is C6H10INOS2. The Morgan fingerprint density at radius 3 is 2.91 bits per heavy atom. The molecule has 0 N–H and O–H groups in total. The van der Waals surface area contributed by atoms with Crippen molar-refractivity contribution in [3.63, 3.8) is 0 Å². The molecule has 0 aromatic rings. The van der Waals surface area contributed by atoms with E-state index in [0.717, 1.165) is 18.6 Å². The first-order valence-corrected chi connectivity index (χ1v) is 6.56. The van der Waals surface area contributed by atoms with Crippen molar-refractivity contribution in [1.82, 2.24) is 0 Å². The molecule has 0 saturated carbocycles. The molecule has 0 spiro atoms. The summed E-state index contributed by atoms with van der Waals surface area (Å²) >= 11 is 6.64. The SMILES string of the molecule is CS(=O)CCCC(I)N=C=S. The van der Waals surface area contributed by atoms with E-state index in [9.17, 15) is 4.21 Å². The van der Waals surface area contributed by atoms with E-state index in [-0.39, 0.29) is 4.05 Å². The van der Waals surface area contributed by atoms with Crippen molar-refractivity contribution in [1.29, 1.82) is 0 Å². The Hall–Kier alpha value is 0.680. The zero-order chi connectivity index (χ0) is 8.69. The summed E-state index contributed by atoms with van der Waals surface area (Å²) in [6.45, 7) is 0. The average molecular weight is 303 g/mol. The zero-order valence-corrected chi connectivity index (χ0v) is 10.0. The fourth-order valence-electron chi connectivity index (χ4n) is 0.577. The van der Waals surface area contributed by atoms with Gasteiger partial charge in [-0.25, -0.2) is 4.99 Å². The maximum absolute atomic E-state index is 10.6. The molecule has 0 aromatic carbocycles. The van der Waals surface area contributed by atoms with E-state index in [1.807, 2.05) is 0 Å². The molecule has 0 saturated heterocycles. The molecule has 0 amide bonds. The van der Waals surface area contributed by atoms with Gasteiger partial charge < -0.3 is 0 Å². The lowest BCUT2D eigenvalue weighted by Crippen LogP contribution is -1.98. The number of alkyl halides is 1. The maximum Gasteiger partial charge on any atom is 0.111 e. The van der Waals surface area contributed by atoms with Crippen molar-refractivity contribution in [2.45, 2.75) is 16.9 Å². The summed E-state index contributed by atoms with van der Waals surface area (Å²) in [5.41, 5.74) is 0. The van der Waals surface area contributed by atoms with Crippen LogP contribution in [-0.2, 0) is 10.8 Å². The molecule has 0 aliphatic heterocycles. The number of aliphatic imine (C=N–C) groups is 1. The van der Waals surface area contributed by atoms with Crippen molar-refractivity contribution < 1.29 is 4.21 Å². The first-order valence-electron chi connectivity index (χ1n) is 3.18. The van der Waals surface area contributed by atoms with Crippen molar-refractivity contribution in [3.8, 4) is 0 Å². The van der Waals surface area contributed by atoms with Crippen LogP contribution in [0.2, 0.25) is 0 Å². The first-order chi connectivity index (χ1) is 5.16. The smallest absolute Gasteiger partial charge is 0.111 e. The maximum atomic E-state index is 10.6. The van der Waals surface area contributed by atoms with Gasteiger partial charge in [-0.15, -0.1) is 0 Å². The highest BCUT2D eigenvalue weighted by Gasteiger charge is 2.00. The molecule has 0 bridgehead atoms. The number of rotatable bonds is 5. The Morgan fingerprint density at radius 2 is 2.45 bits per heavy atom. The minimum absolute atomic E-state index is 0.202. The fourth-order valence-corrected chi connectivity index (χ4v) is 2.05. The number of hydrogen-bond acceptors (Lipinski definition) is 3. The third-order valence-corrected chi connectivity index (χ3v) is 2.94.